The van der Waals surface area contributed by atoms with Crippen molar-refractivity contribution in [3.63, 3.8) is 0 Å². The highest BCUT2D eigenvalue weighted by molar-refractivity contribution is 5.19. The summed E-state index contributed by atoms with van der Waals surface area (Å²) in [5, 5.41) is 6.60. The van der Waals surface area contributed by atoms with E-state index in [0.29, 0.717) is 19.0 Å². The van der Waals surface area contributed by atoms with Gasteiger partial charge in [-0.05, 0) is 50.9 Å². The van der Waals surface area contributed by atoms with Crippen LogP contribution in [0.3, 0.4) is 0 Å². The number of halogens is 2. The summed E-state index contributed by atoms with van der Waals surface area (Å²) in [6.07, 6.45) is 2.62. The lowest BCUT2D eigenvalue weighted by atomic mass is 9.93. The maximum absolute atomic E-state index is 13.7. The summed E-state index contributed by atoms with van der Waals surface area (Å²) in [6, 6.07) is 3.98. The molecule has 2 aromatic rings. The topological polar surface area (TPSA) is 53.9 Å². The maximum Gasteiger partial charge on any atom is 0.343 e. The number of hydrogen-bond donors (Lipinski definition) is 1. The number of hydrogen-bond acceptors (Lipinski definition) is 3. The molecular weight excluding hydrogens is 314 g/mol. The van der Waals surface area contributed by atoms with Gasteiger partial charge in [-0.2, -0.15) is 5.10 Å². The van der Waals surface area contributed by atoms with Gasteiger partial charge < -0.3 is 0 Å². The number of nitrogens with zero attached hydrogens (tertiary/aromatic N) is 3. The fourth-order valence-corrected chi connectivity index (χ4v) is 3.35. The minimum atomic E-state index is -0.486. The Labute approximate surface area is 139 Å². The standard InChI is InChI=1S/C17H22F2N4O/c1-2-23-16(20-21-17(23)24)10-12-6-8-22(9-7-12)11-13-14(18)4-3-5-15(13)19/h3-5,12H,2,6-11H2,1H3,(H,21,24). The van der Waals surface area contributed by atoms with Gasteiger partial charge >= 0.3 is 5.69 Å². The van der Waals surface area contributed by atoms with Gasteiger partial charge in [-0.1, -0.05) is 6.07 Å². The zero-order chi connectivity index (χ0) is 17.1. The Morgan fingerprint density at radius 2 is 1.92 bits per heavy atom. The van der Waals surface area contributed by atoms with Crippen LogP contribution in [-0.2, 0) is 19.5 Å². The molecule has 1 aliphatic heterocycles. The van der Waals surface area contributed by atoms with Crippen molar-refractivity contribution in [3.8, 4) is 0 Å². The Morgan fingerprint density at radius 1 is 1.25 bits per heavy atom. The van der Waals surface area contributed by atoms with Gasteiger partial charge in [-0.25, -0.2) is 18.7 Å². The van der Waals surface area contributed by atoms with Gasteiger partial charge in [-0.3, -0.25) is 9.47 Å². The smallest absolute Gasteiger partial charge is 0.299 e. The summed E-state index contributed by atoms with van der Waals surface area (Å²) >= 11 is 0. The molecule has 1 saturated heterocycles. The number of benzene rings is 1. The van der Waals surface area contributed by atoms with Crippen LogP contribution in [0.5, 0.6) is 0 Å². The molecule has 1 aromatic carbocycles. The highest BCUT2D eigenvalue weighted by atomic mass is 19.1. The molecule has 0 atom stereocenters. The molecule has 3 rings (SSSR count). The molecule has 0 bridgehead atoms. The number of aromatic amines is 1. The number of piperidine rings is 1. The van der Waals surface area contributed by atoms with Gasteiger partial charge in [0.05, 0.1) is 0 Å². The Bertz CT molecular complexity index is 727. The Balaban J connectivity index is 1.57. The highest BCUT2D eigenvalue weighted by Crippen LogP contribution is 2.23. The summed E-state index contributed by atoms with van der Waals surface area (Å²) in [5.41, 5.74) is -0.0250. The Hall–Kier alpha value is -2.02. The molecule has 1 aromatic heterocycles. The van der Waals surface area contributed by atoms with Gasteiger partial charge in [0.1, 0.15) is 17.5 Å². The molecule has 0 aliphatic carbocycles. The van der Waals surface area contributed by atoms with Crippen LogP contribution < -0.4 is 5.69 Å². The monoisotopic (exact) mass is 336 g/mol. The lowest BCUT2D eigenvalue weighted by Crippen LogP contribution is -2.34. The third-order valence-corrected chi connectivity index (χ3v) is 4.78. The van der Waals surface area contributed by atoms with Crippen molar-refractivity contribution < 1.29 is 8.78 Å². The van der Waals surface area contributed by atoms with Crippen LogP contribution in [0.15, 0.2) is 23.0 Å². The molecule has 1 aliphatic rings. The van der Waals surface area contributed by atoms with E-state index in [-0.39, 0.29) is 11.3 Å². The highest BCUT2D eigenvalue weighted by Gasteiger charge is 2.23. The quantitative estimate of drug-likeness (QED) is 0.912. The summed E-state index contributed by atoms with van der Waals surface area (Å²) in [4.78, 5) is 13.7. The lowest BCUT2D eigenvalue weighted by molar-refractivity contribution is 0.171. The summed E-state index contributed by atoms with van der Waals surface area (Å²) in [5.74, 6) is 0.259. The van der Waals surface area contributed by atoms with Crippen LogP contribution >= 0.6 is 0 Å². The summed E-state index contributed by atoms with van der Waals surface area (Å²) in [6.45, 7) is 4.41. The van der Waals surface area contributed by atoms with Crippen molar-refractivity contribution in [2.45, 2.75) is 39.3 Å². The van der Waals surface area contributed by atoms with Gasteiger partial charge in [-0.15, -0.1) is 0 Å². The van der Waals surface area contributed by atoms with E-state index in [9.17, 15) is 13.6 Å². The molecule has 7 heteroatoms. The number of aromatic nitrogens is 3. The molecule has 0 amide bonds. The van der Waals surface area contributed by atoms with E-state index >= 15 is 0 Å². The fourth-order valence-electron chi connectivity index (χ4n) is 3.35. The van der Waals surface area contributed by atoms with Crippen molar-refractivity contribution >= 4 is 0 Å². The second-order valence-corrected chi connectivity index (χ2v) is 6.31. The molecule has 130 valence electrons. The molecule has 1 N–H and O–H groups in total. The zero-order valence-electron chi connectivity index (χ0n) is 13.8. The van der Waals surface area contributed by atoms with Crippen LogP contribution in [-0.4, -0.2) is 32.8 Å². The van der Waals surface area contributed by atoms with E-state index < -0.39 is 11.6 Å². The summed E-state index contributed by atoms with van der Waals surface area (Å²) < 4.78 is 29.1. The number of likely N-dealkylation sites (tertiary alicyclic amines) is 1. The van der Waals surface area contributed by atoms with Crippen molar-refractivity contribution in [2.75, 3.05) is 13.1 Å². The van der Waals surface area contributed by atoms with E-state index in [1.165, 1.54) is 18.2 Å². The zero-order valence-corrected chi connectivity index (χ0v) is 13.8. The van der Waals surface area contributed by atoms with E-state index in [1.807, 2.05) is 6.92 Å². The third-order valence-electron chi connectivity index (χ3n) is 4.78. The van der Waals surface area contributed by atoms with Gasteiger partial charge in [0, 0.05) is 25.1 Å². The molecule has 0 unspecified atom stereocenters. The first kappa shape index (κ1) is 16.8. The van der Waals surface area contributed by atoms with E-state index in [1.54, 1.807) is 4.57 Å². The molecular formula is C17H22F2N4O. The molecule has 0 radical (unpaired) electrons. The Morgan fingerprint density at radius 3 is 2.54 bits per heavy atom. The van der Waals surface area contributed by atoms with E-state index in [0.717, 1.165) is 38.2 Å². The minimum absolute atomic E-state index is 0.142. The second-order valence-electron chi connectivity index (χ2n) is 6.31. The van der Waals surface area contributed by atoms with Crippen LogP contribution in [0.2, 0.25) is 0 Å². The van der Waals surface area contributed by atoms with Crippen molar-refractivity contribution in [1.82, 2.24) is 19.7 Å². The van der Waals surface area contributed by atoms with E-state index in [2.05, 4.69) is 15.1 Å². The van der Waals surface area contributed by atoms with Gasteiger partial charge in [0.15, 0.2) is 0 Å². The average molecular weight is 336 g/mol. The molecule has 2 heterocycles. The summed E-state index contributed by atoms with van der Waals surface area (Å²) in [7, 11) is 0. The molecule has 24 heavy (non-hydrogen) atoms. The number of rotatable bonds is 5. The van der Waals surface area contributed by atoms with Gasteiger partial charge in [0.25, 0.3) is 0 Å². The third kappa shape index (κ3) is 3.56. The average Bonchev–Trinajstić information content (AvgIpc) is 2.92. The second kappa shape index (κ2) is 7.25. The predicted molar refractivity (Wildman–Crippen MR) is 86.6 cm³/mol. The SMILES string of the molecule is CCn1c(CC2CCN(Cc3c(F)cccc3F)CC2)n[nH]c1=O. The minimum Gasteiger partial charge on any atom is -0.299 e. The van der Waals surface area contributed by atoms with Crippen LogP contribution in [0.4, 0.5) is 8.78 Å². The lowest BCUT2D eigenvalue weighted by Gasteiger charge is -2.31. The van der Waals surface area contributed by atoms with Gasteiger partial charge in [0.2, 0.25) is 0 Å². The first-order chi connectivity index (χ1) is 11.6. The molecule has 0 saturated carbocycles. The molecule has 0 spiro atoms. The first-order valence-electron chi connectivity index (χ1n) is 8.37. The maximum atomic E-state index is 13.7. The largest absolute Gasteiger partial charge is 0.343 e. The predicted octanol–water partition coefficient (Wildman–Crippen LogP) is 2.32. The van der Waals surface area contributed by atoms with Crippen LogP contribution in [0, 0.1) is 17.6 Å². The first-order valence-corrected chi connectivity index (χ1v) is 8.37. The normalized spacial score (nSPS) is 16.6. The van der Waals surface area contributed by atoms with E-state index in [4.69, 9.17) is 0 Å². The number of H-pyrrole nitrogens is 1. The number of nitrogens with one attached hydrogen (secondary N) is 1. The molecule has 1 fully saturated rings. The Kier molecular flexibility index (Phi) is 5.08. The van der Waals surface area contributed by atoms with Crippen molar-refractivity contribution in [1.29, 1.82) is 0 Å². The van der Waals surface area contributed by atoms with Crippen molar-refractivity contribution in [2.24, 2.45) is 5.92 Å². The van der Waals surface area contributed by atoms with Crippen molar-refractivity contribution in [3.05, 3.63) is 51.7 Å². The van der Waals surface area contributed by atoms with Crippen LogP contribution in [0.25, 0.3) is 0 Å². The molecule has 5 nitrogen and oxygen atoms in total. The fraction of sp³-hybridized carbons (Fsp3) is 0.529. The van der Waals surface area contributed by atoms with Crippen LogP contribution in [0.1, 0.15) is 31.2 Å².